The van der Waals surface area contributed by atoms with Crippen molar-refractivity contribution in [2.24, 2.45) is 0 Å². The third kappa shape index (κ3) is 2.72. The Balaban J connectivity index is 2.40. The van der Waals surface area contributed by atoms with Crippen molar-refractivity contribution in [1.82, 2.24) is 15.0 Å². The van der Waals surface area contributed by atoms with E-state index in [1.807, 2.05) is 0 Å². The van der Waals surface area contributed by atoms with Gasteiger partial charge in [-0.15, -0.1) is 11.3 Å². The molecule has 0 saturated carbocycles. The molecule has 2 aromatic heterocycles. The van der Waals surface area contributed by atoms with Gasteiger partial charge in [-0.1, -0.05) is 23.2 Å². The highest BCUT2D eigenvalue weighted by atomic mass is 35.5. The summed E-state index contributed by atoms with van der Waals surface area (Å²) in [6, 6.07) is 0. The van der Waals surface area contributed by atoms with Crippen LogP contribution in [0.25, 0.3) is 0 Å². The van der Waals surface area contributed by atoms with Crippen LogP contribution in [0.1, 0.15) is 5.01 Å². The van der Waals surface area contributed by atoms with Crippen molar-refractivity contribution in [3.63, 3.8) is 0 Å². The first-order valence-electron chi connectivity index (χ1n) is 4.51. The summed E-state index contributed by atoms with van der Waals surface area (Å²) in [6.07, 6.45) is 2.40. The molecule has 0 atom stereocenters. The van der Waals surface area contributed by atoms with Gasteiger partial charge in [-0.25, -0.2) is 23.4 Å². The van der Waals surface area contributed by atoms with Crippen LogP contribution >= 0.6 is 34.5 Å². The summed E-state index contributed by atoms with van der Waals surface area (Å²) in [5, 5.41) is 0.497. The van der Waals surface area contributed by atoms with Crippen molar-refractivity contribution >= 4 is 50.2 Å². The van der Waals surface area contributed by atoms with Crippen LogP contribution in [0.15, 0.2) is 16.7 Å². The Morgan fingerprint density at radius 3 is 2.33 bits per heavy atom. The number of rotatable bonds is 3. The van der Waals surface area contributed by atoms with Gasteiger partial charge >= 0.3 is 0 Å². The Bertz CT molecular complexity index is 666. The maximum atomic E-state index is 12.0. The Morgan fingerprint density at radius 2 is 1.83 bits per heavy atom. The minimum atomic E-state index is -3.78. The molecule has 0 aliphatic rings. The van der Waals surface area contributed by atoms with Gasteiger partial charge < -0.3 is 0 Å². The number of nitrogens with zero attached hydrogens (tertiary/aromatic N) is 3. The van der Waals surface area contributed by atoms with Gasteiger partial charge in [0.25, 0.3) is 10.0 Å². The molecule has 2 rings (SSSR count). The molecular formula is C8H6Cl2N4O2S2. The van der Waals surface area contributed by atoms with Gasteiger partial charge in [-0.2, -0.15) is 0 Å². The molecule has 0 amide bonds. The first-order valence-corrected chi connectivity index (χ1v) is 7.57. The quantitative estimate of drug-likeness (QED) is 0.876. The van der Waals surface area contributed by atoms with E-state index in [0.29, 0.717) is 5.01 Å². The van der Waals surface area contributed by atoms with Crippen LogP contribution in [-0.4, -0.2) is 23.4 Å². The Hall–Kier alpha value is -0.960. The van der Waals surface area contributed by atoms with E-state index >= 15 is 0 Å². The van der Waals surface area contributed by atoms with Crippen molar-refractivity contribution in [3.05, 3.63) is 27.8 Å². The maximum Gasteiger partial charge on any atom is 0.273 e. The number of aryl methyl sites for hydroxylation is 1. The first-order chi connectivity index (χ1) is 8.40. The van der Waals surface area contributed by atoms with Crippen LogP contribution in [0.4, 0.5) is 5.69 Å². The number of sulfonamides is 1. The average molecular weight is 325 g/mol. The largest absolute Gasteiger partial charge is 0.273 e. The summed E-state index contributed by atoms with van der Waals surface area (Å²) in [4.78, 5) is 11.2. The fourth-order valence-electron chi connectivity index (χ4n) is 1.08. The van der Waals surface area contributed by atoms with E-state index in [9.17, 15) is 8.42 Å². The van der Waals surface area contributed by atoms with Crippen molar-refractivity contribution in [2.45, 2.75) is 11.1 Å². The maximum absolute atomic E-state index is 12.0. The van der Waals surface area contributed by atoms with Gasteiger partial charge in [0.05, 0.1) is 11.2 Å². The van der Waals surface area contributed by atoms with Crippen molar-refractivity contribution in [3.8, 4) is 0 Å². The van der Waals surface area contributed by atoms with Gasteiger partial charge in [-0.05, 0) is 6.92 Å². The number of nitrogens with one attached hydrogen (secondary N) is 1. The van der Waals surface area contributed by atoms with E-state index in [1.54, 1.807) is 6.92 Å². The lowest BCUT2D eigenvalue weighted by Gasteiger charge is -2.07. The van der Waals surface area contributed by atoms with Crippen molar-refractivity contribution in [2.75, 3.05) is 4.72 Å². The molecule has 6 nitrogen and oxygen atoms in total. The topological polar surface area (TPSA) is 84.8 Å². The number of halogens is 2. The van der Waals surface area contributed by atoms with E-state index in [1.165, 1.54) is 6.20 Å². The molecular weight excluding hydrogens is 319 g/mol. The van der Waals surface area contributed by atoms with E-state index < -0.39 is 10.0 Å². The minimum Gasteiger partial charge on any atom is -0.273 e. The van der Waals surface area contributed by atoms with E-state index in [4.69, 9.17) is 23.2 Å². The molecule has 0 bridgehead atoms. The third-order valence-corrected chi connectivity index (χ3v) is 5.15. The van der Waals surface area contributed by atoms with E-state index in [-0.39, 0.29) is 20.2 Å². The second-order valence-electron chi connectivity index (χ2n) is 3.13. The number of hydrogen-bond donors (Lipinski definition) is 1. The predicted molar refractivity (Wildman–Crippen MR) is 69.7 cm³/mol. The summed E-state index contributed by atoms with van der Waals surface area (Å²) in [5.41, 5.74) is -0.0492. The van der Waals surface area contributed by atoms with Crippen LogP contribution in [-0.2, 0) is 10.0 Å². The molecule has 0 spiro atoms. The Kier molecular flexibility index (Phi) is 3.71. The molecule has 0 saturated heterocycles. The zero-order valence-electron chi connectivity index (χ0n) is 8.89. The van der Waals surface area contributed by atoms with Crippen molar-refractivity contribution in [1.29, 1.82) is 0 Å². The molecule has 0 aromatic carbocycles. The van der Waals surface area contributed by atoms with Crippen LogP contribution in [0.2, 0.25) is 10.3 Å². The van der Waals surface area contributed by atoms with Gasteiger partial charge in [0.15, 0.2) is 14.5 Å². The number of thiazole rings is 1. The third-order valence-electron chi connectivity index (χ3n) is 1.86. The molecule has 2 aromatic rings. The molecule has 0 unspecified atom stereocenters. The number of anilines is 1. The summed E-state index contributed by atoms with van der Waals surface area (Å²) < 4.78 is 26.3. The number of hydrogen-bond acceptors (Lipinski definition) is 6. The average Bonchev–Trinajstić information content (AvgIpc) is 2.71. The minimum absolute atomic E-state index is 0.0492. The molecule has 1 N–H and O–H groups in total. The first kappa shape index (κ1) is 13.5. The molecule has 10 heteroatoms. The predicted octanol–water partition coefficient (Wildman–Crippen LogP) is 2.35. The fraction of sp³-hybridized carbons (Fsp3) is 0.125. The van der Waals surface area contributed by atoms with Crippen molar-refractivity contribution < 1.29 is 8.42 Å². The summed E-state index contributed by atoms with van der Waals surface area (Å²) in [7, 11) is -3.78. The molecule has 0 aliphatic carbocycles. The van der Waals surface area contributed by atoms with Crippen LogP contribution in [0.3, 0.4) is 0 Å². The smallest absolute Gasteiger partial charge is 0.273 e. The van der Waals surface area contributed by atoms with E-state index in [2.05, 4.69) is 19.7 Å². The van der Waals surface area contributed by atoms with Gasteiger partial charge in [0.2, 0.25) is 0 Å². The highest BCUT2D eigenvalue weighted by Crippen LogP contribution is 2.29. The molecule has 18 heavy (non-hydrogen) atoms. The monoisotopic (exact) mass is 324 g/mol. The summed E-state index contributed by atoms with van der Waals surface area (Å²) in [5.74, 6) is 0. The Labute approximate surface area is 117 Å². The van der Waals surface area contributed by atoms with Gasteiger partial charge in [-0.3, -0.25) is 4.72 Å². The fourth-order valence-corrected chi connectivity index (χ4v) is 3.78. The number of aromatic nitrogens is 3. The molecule has 0 radical (unpaired) electrons. The second-order valence-corrected chi connectivity index (χ2v) is 6.99. The second kappa shape index (κ2) is 4.96. The lowest BCUT2D eigenvalue weighted by molar-refractivity contribution is 0.603. The molecule has 0 aliphatic heterocycles. The SMILES string of the molecule is Cc1ncc(S(=O)(=O)Nc2c(Cl)ncnc2Cl)s1. The highest BCUT2D eigenvalue weighted by Gasteiger charge is 2.21. The van der Waals surface area contributed by atoms with Crippen LogP contribution < -0.4 is 4.72 Å². The van der Waals surface area contributed by atoms with Crippen LogP contribution in [0.5, 0.6) is 0 Å². The molecule has 0 fully saturated rings. The summed E-state index contributed by atoms with van der Waals surface area (Å²) in [6.45, 7) is 1.70. The van der Waals surface area contributed by atoms with Gasteiger partial charge in [0.1, 0.15) is 12.0 Å². The normalized spacial score (nSPS) is 11.5. The van der Waals surface area contributed by atoms with Crippen LogP contribution in [0, 0.1) is 6.92 Å². The van der Waals surface area contributed by atoms with Gasteiger partial charge in [0, 0.05) is 0 Å². The zero-order valence-corrected chi connectivity index (χ0v) is 12.0. The van der Waals surface area contributed by atoms with E-state index in [0.717, 1.165) is 17.7 Å². The highest BCUT2D eigenvalue weighted by molar-refractivity contribution is 7.94. The molecule has 96 valence electrons. The standard InChI is InChI=1S/C8H6Cl2N4O2S2/c1-4-11-2-5(17-4)18(15,16)14-6-7(9)12-3-13-8(6)10/h2-3,14H,1H3. The summed E-state index contributed by atoms with van der Waals surface area (Å²) >= 11 is 12.5. The molecule has 2 heterocycles. The lowest BCUT2D eigenvalue weighted by atomic mass is 10.6. The Morgan fingerprint density at radius 1 is 1.22 bits per heavy atom. The zero-order chi connectivity index (χ0) is 13.3. The lowest BCUT2D eigenvalue weighted by Crippen LogP contribution is -2.13.